The maximum absolute atomic E-state index is 11.9. The number of carbonyl (C=O) groups is 3. The van der Waals surface area contributed by atoms with Gasteiger partial charge in [0.15, 0.2) is 0 Å². The van der Waals surface area contributed by atoms with Crippen molar-refractivity contribution in [1.82, 2.24) is 15.1 Å². The number of carbonyl (C=O) groups excluding carboxylic acids is 3. The first-order valence-electron chi connectivity index (χ1n) is 5.91. The van der Waals surface area contributed by atoms with Crippen molar-refractivity contribution in [3.8, 4) is 0 Å². The highest BCUT2D eigenvalue weighted by atomic mass is 32.1. The first kappa shape index (κ1) is 15.5. The molecule has 1 rings (SSSR count). The molecule has 0 bridgehead atoms. The van der Waals surface area contributed by atoms with Crippen molar-refractivity contribution < 1.29 is 14.4 Å². The van der Waals surface area contributed by atoms with Crippen LogP contribution in [-0.2, 0) is 14.4 Å². The lowest BCUT2D eigenvalue weighted by atomic mass is 10.2. The van der Waals surface area contributed by atoms with E-state index in [9.17, 15) is 14.4 Å². The molecule has 1 fully saturated rings. The van der Waals surface area contributed by atoms with E-state index in [-0.39, 0.29) is 30.8 Å². The van der Waals surface area contributed by atoms with Gasteiger partial charge in [-0.15, -0.1) is 0 Å². The van der Waals surface area contributed by atoms with E-state index in [1.54, 1.807) is 18.9 Å². The number of hydrogen-bond acceptors (Lipinski definition) is 5. The predicted molar refractivity (Wildman–Crippen MR) is 73.2 cm³/mol. The minimum absolute atomic E-state index is 0.0220. The fourth-order valence-electron chi connectivity index (χ4n) is 1.66. The van der Waals surface area contributed by atoms with Gasteiger partial charge in [-0.25, -0.2) is 0 Å². The van der Waals surface area contributed by atoms with Gasteiger partial charge in [0.25, 0.3) is 0 Å². The van der Waals surface area contributed by atoms with E-state index in [0.717, 1.165) is 0 Å². The molecule has 0 aromatic rings. The molecule has 7 nitrogen and oxygen atoms in total. The van der Waals surface area contributed by atoms with Gasteiger partial charge in [0.05, 0.1) is 24.1 Å². The topological polar surface area (TPSA) is 95.7 Å². The van der Waals surface area contributed by atoms with Crippen molar-refractivity contribution in [3.05, 3.63) is 0 Å². The molecule has 19 heavy (non-hydrogen) atoms. The summed E-state index contributed by atoms with van der Waals surface area (Å²) in [7, 11) is 1.64. The van der Waals surface area contributed by atoms with Crippen molar-refractivity contribution >= 4 is 34.9 Å². The molecule has 106 valence electrons. The molecule has 1 unspecified atom stereocenters. The van der Waals surface area contributed by atoms with E-state index in [0.29, 0.717) is 18.0 Å². The number of nitrogens with two attached hydrogens (primary N) is 1. The van der Waals surface area contributed by atoms with Gasteiger partial charge in [0, 0.05) is 20.0 Å². The number of piperazine rings is 1. The van der Waals surface area contributed by atoms with Crippen LogP contribution in [0.1, 0.15) is 13.3 Å². The van der Waals surface area contributed by atoms with Gasteiger partial charge in [-0.3, -0.25) is 24.6 Å². The first-order valence-corrected chi connectivity index (χ1v) is 6.32. The van der Waals surface area contributed by atoms with E-state index < -0.39 is 6.04 Å². The Morgan fingerprint density at radius 1 is 1.58 bits per heavy atom. The Kier molecular flexibility index (Phi) is 5.37. The minimum Gasteiger partial charge on any atom is -0.393 e. The molecule has 0 aromatic carbocycles. The Balaban J connectivity index is 2.52. The lowest BCUT2D eigenvalue weighted by molar-refractivity contribution is -0.141. The summed E-state index contributed by atoms with van der Waals surface area (Å²) in [5.74, 6) is -0.942. The van der Waals surface area contributed by atoms with Crippen LogP contribution in [-0.4, -0.2) is 65.2 Å². The number of nitrogens with one attached hydrogen (secondary N) is 1. The molecule has 8 heteroatoms. The zero-order valence-electron chi connectivity index (χ0n) is 11.0. The van der Waals surface area contributed by atoms with E-state index in [2.05, 4.69) is 5.32 Å². The lowest BCUT2D eigenvalue weighted by Gasteiger charge is -2.32. The van der Waals surface area contributed by atoms with Crippen LogP contribution >= 0.6 is 12.2 Å². The van der Waals surface area contributed by atoms with Gasteiger partial charge in [-0.05, 0) is 6.92 Å². The molecule has 1 aliphatic rings. The van der Waals surface area contributed by atoms with Crippen LogP contribution in [0.5, 0.6) is 0 Å². The quantitative estimate of drug-likeness (QED) is 0.470. The minimum atomic E-state index is -0.495. The number of hydrogen-bond donors (Lipinski definition) is 2. The van der Waals surface area contributed by atoms with Gasteiger partial charge in [0.1, 0.15) is 0 Å². The summed E-state index contributed by atoms with van der Waals surface area (Å²) in [6, 6.07) is -0.495. The molecule has 1 heterocycles. The van der Waals surface area contributed by atoms with Gasteiger partial charge in [-0.1, -0.05) is 12.2 Å². The Morgan fingerprint density at radius 2 is 2.21 bits per heavy atom. The monoisotopic (exact) mass is 286 g/mol. The van der Waals surface area contributed by atoms with Crippen molar-refractivity contribution in [2.45, 2.75) is 19.4 Å². The molecular formula is C11H18N4O3S. The molecule has 0 radical (unpaired) electrons. The molecular weight excluding hydrogens is 268 g/mol. The highest BCUT2D eigenvalue weighted by Crippen LogP contribution is 2.05. The van der Waals surface area contributed by atoms with Gasteiger partial charge in [0.2, 0.25) is 17.7 Å². The smallest absolute Gasteiger partial charge is 0.243 e. The molecule has 0 saturated carbocycles. The Bertz CT molecular complexity index is 413. The SMILES string of the molecule is CC1C(=O)NC(=O)CN1CC(=O)N(C)CCC(N)=S. The Labute approximate surface area is 117 Å². The largest absolute Gasteiger partial charge is 0.393 e. The molecule has 1 aliphatic heterocycles. The van der Waals surface area contributed by atoms with Crippen molar-refractivity contribution in [3.63, 3.8) is 0 Å². The molecule has 3 amide bonds. The average molecular weight is 286 g/mol. The summed E-state index contributed by atoms with van der Waals surface area (Å²) in [5.41, 5.74) is 5.37. The molecule has 1 saturated heterocycles. The standard InChI is InChI=1S/C11H18N4O3S/c1-7-11(18)13-9(16)5-15(7)6-10(17)14(2)4-3-8(12)19/h7H,3-6H2,1-2H3,(H2,12,19)(H,13,16,18). The zero-order chi connectivity index (χ0) is 14.6. The third-order valence-electron chi connectivity index (χ3n) is 2.99. The number of rotatable bonds is 5. The summed E-state index contributed by atoms with van der Waals surface area (Å²) in [6.45, 7) is 2.15. The third kappa shape index (κ3) is 4.56. The van der Waals surface area contributed by atoms with Crippen LogP contribution in [0.4, 0.5) is 0 Å². The Morgan fingerprint density at radius 3 is 2.79 bits per heavy atom. The van der Waals surface area contributed by atoms with Gasteiger partial charge < -0.3 is 10.6 Å². The molecule has 0 aliphatic carbocycles. The van der Waals surface area contributed by atoms with Crippen LogP contribution in [0.15, 0.2) is 0 Å². The van der Waals surface area contributed by atoms with Gasteiger partial charge >= 0.3 is 0 Å². The highest BCUT2D eigenvalue weighted by Gasteiger charge is 2.31. The maximum Gasteiger partial charge on any atom is 0.243 e. The molecule has 0 aromatic heterocycles. The zero-order valence-corrected chi connectivity index (χ0v) is 11.8. The number of nitrogens with zero attached hydrogens (tertiary/aromatic N) is 2. The molecule has 3 N–H and O–H groups in total. The van der Waals surface area contributed by atoms with Crippen LogP contribution in [0.2, 0.25) is 0 Å². The fraction of sp³-hybridized carbons (Fsp3) is 0.636. The number of thiocarbonyl (C=S) groups is 1. The summed E-state index contributed by atoms with van der Waals surface area (Å²) in [4.78, 5) is 38.0. The van der Waals surface area contributed by atoms with Crippen LogP contribution < -0.4 is 11.1 Å². The summed E-state index contributed by atoms with van der Waals surface area (Å²) in [6.07, 6.45) is 0.451. The second-order valence-corrected chi connectivity index (χ2v) is 5.05. The first-order chi connectivity index (χ1) is 8.81. The number of likely N-dealkylation sites (N-methyl/N-ethyl adjacent to an activating group) is 1. The number of imide groups is 1. The predicted octanol–water partition coefficient (Wildman–Crippen LogP) is -1.53. The van der Waals surface area contributed by atoms with E-state index in [1.807, 2.05) is 0 Å². The number of amides is 3. The summed E-state index contributed by atoms with van der Waals surface area (Å²) < 4.78 is 0. The lowest BCUT2D eigenvalue weighted by Crippen LogP contribution is -2.58. The summed E-state index contributed by atoms with van der Waals surface area (Å²) in [5, 5.41) is 2.22. The second kappa shape index (κ2) is 6.58. The van der Waals surface area contributed by atoms with Crippen LogP contribution in [0.25, 0.3) is 0 Å². The Hall–Kier alpha value is -1.54. The maximum atomic E-state index is 11.9. The highest BCUT2D eigenvalue weighted by molar-refractivity contribution is 7.80. The fourth-order valence-corrected chi connectivity index (χ4v) is 1.75. The van der Waals surface area contributed by atoms with E-state index in [4.69, 9.17) is 18.0 Å². The van der Waals surface area contributed by atoms with Gasteiger partial charge in [-0.2, -0.15) is 0 Å². The van der Waals surface area contributed by atoms with E-state index in [1.165, 1.54) is 4.90 Å². The van der Waals surface area contributed by atoms with E-state index >= 15 is 0 Å². The molecule has 0 spiro atoms. The van der Waals surface area contributed by atoms with Crippen molar-refractivity contribution in [2.75, 3.05) is 26.7 Å². The molecule has 1 atom stereocenters. The normalized spacial score (nSPS) is 20.0. The van der Waals surface area contributed by atoms with Crippen molar-refractivity contribution in [2.24, 2.45) is 5.73 Å². The second-order valence-electron chi connectivity index (χ2n) is 4.52. The van der Waals surface area contributed by atoms with Crippen LogP contribution in [0.3, 0.4) is 0 Å². The van der Waals surface area contributed by atoms with Crippen molar-refractivity contribution in [1.29, 1.82) is 0 Å². The van der Waals surface area contributed by atoms with Crippen LogP contribution in [0, 0.1) is 0 Å². The average Bonchev–Trinajstić information content (AvgIpc) is 2.32. The third-order valence-corrected chi connectivity index (χ3v) is 3.20. The summed E-state index contributed by atoms with van der Waals surface area (Å²) >= 11 is 4.74.